The van der Waals surface area contributed by atoms with E-state index in [2.05, 4.69) is 15.3 Å². The monoisotopic (exact) mass is 470 g/mol. The number of hydrogen-bond acceptors (Lipinski definition) is 5. The molecule has 1 amide bonds. The number of anilines is 2. The van der Waals surface area contributed by atoms with Crippen LogP contribution in [0.5, 0.6) is 0 Å². The van der Waals surface area contributed by atoms with Gasteiger partial charge in [0.1, 0.15) is 5.82 Å². The van der Waals surface area contributed by atoms with E-state index >= 15 is 0 Å². The van der Waals surface area contributed by atoms with Crippen LogP contribution >= 0.6 is 0 Å². The quantitative estimate of drug-likeness (QED) is 0.550. The number of nitrogens with two attached hydrogens (primary N) is 1. The number of rotatable bonds is 4. The predicted molar refractivity (Wildman–Crippen MR) is 120 cm³/mol. The van der Waals surface area contributed by atoms with Gasteiger partial charge in [-0.15, -0.1) is 0 Å². The second-order valence-corrected chi connectivity index (χ2v) is 10.1. The van der Waals surface area contributed by atoms with Gasteiger partial charge in [0.25, 0.3) is 0 Å². The van der Waals surface area contributed by atoms with Crippen LogP contribution in [0, 0.1) is 18.3 Å². The molecule has 3 aliphatic carbocycles. The summed E-state index contributed by atoms with van der Waals surface area (Å²) in [5.41, 5.74) is 7.99. The Labute approximate surface area is 194 Å². The zero-order valence-electron chi connectivity index (χ0n) is 18.9. The van der Waals surface area contributed by atoms with Crippen molar-refractivity contribution in [3.8, 4) is 0 Å². The summed E-state index contributed by atoms with van der Waals surface area (Å²) in [4.78, 5) is 24.2. The molecule has 3 heterocycles. The predicted octanol–water partition coefficient (Wildman–Crippen LogP) is 4.45. The lowest BCUT2D eigenvalue weighted by Gasteiger charge is -2.61. The number of aryl methyl sites for hydroxylation is 1. The first-order valence-electron chi connectivity index (χ1n) is 11.4. The van der Waals surface area contributed by atoms with E-state index in [9.17, 15) is 18.0 Å². The highest BCUT2D eigenvalue weighted by Gasteiger charge is 2.62. The molecule has 3 fully saturated rings. The third-order valence-corrected chi connectivity index (χ3v) is 7.66. The SMILES string of the molecule is Cc1cnc2nc(N[C@H](C)c3cc(N)cc(C(F)(F)F)c3)c3c(n12)CN(C(=O)C12CC(C1)C2)C3. The third-order valence-electron chi connectivity index (χ3n) is 7.66. The molecule has 1 aromatic carbocycles. The second-order valence-electron chi connectivity index (χ2n) is 10.1. The zero-order chi connectivity index (χ0) is 24.0. The van der Waals surface area contributed by atoms with E-state index in [0.29, 0.717) is 36.2 Å². The molecule has 7 rings (SSSR count). The summed E-state index contributed by atoms with van der Waals surface area (Å²) in [7, 11) is 0. The van der Waals surface area contributed by atoms with E-state index < -0.39 is 17.8 Å². The number of hydrogen-bond donors (Lipinski definition) is 2. The van der Waals surface area contributed by atoms with Gasteiger partial charge in [0.15, 0.2) is 0 Å². The van der Waals surface area contributed by atoms with E-state index in [-0.39, 0.29) is 17.0 Å². The Bertz CT molecular complexity index is 1330. The van der Waals surface area contributed by atoms with Gasteiger partial charge in [-0.25, -0.2) is 4.98 Å². The summed E-state index contributed by atoms with van der Waals surface area (Å²) in [5, 5.41) is 3.28. The number of nitrogens with one attached hydrogen (secondary N) is 1. The van der Waals surface area contributed by atoms with Crippen molar-refractivity contribution in [2.24, 2.45) is 11.3 Å². The minimum absolute atomic E-state index is 0.0475. The molecule has 1 aliphatic heterocycles. The largest absolute Gasteiger partial charge is 0.416 e. The lowest BCUT2D eigenvalue weighted by molar-refractivity contribution is -0.177. The lowest BCUT2D eigenvalue weighted by atomic mass is 9.44. The maximum absolute atomic E-state index is 13.3. The van der Waals surface area contributed by atoms with Crippen molar-refractivity contribution in [1.29, 1.82) is 0 Å². The molecule has 178 valence electrons. The Morgan fingerprint density at radius 1 is 1.24 bits per heavy atom. The number of halogens is 3. The molecule has 4 aliphatic rings. The molecule has 0 spiro atoms. The summed E-state index contributed by atoms with van der Waals surface area (Å²) in [5.74, 6) is 1.93. The average molecular weight is 470 g/mol. The Balaban J connectivity index is 1.35. The summed E-state index contributed by atoms with van der Waals surface area (Å²) >= 11 is 0. The van der Waals surface area contributed by atoms with Crippen molar-refractivity contribution in [3.63, 3.8) is 0 Å². The lowest BCUT2D eigenvalue weighted by Crippen LogP contribution is -2.60. The van der Waals surface area contributed by atoms with E-state index in [1.807, 2.05) is 16.2 Å². The summed E-state index contributed by atoms with van der Waals surface area (Å²) in [6.45, 7) is 4.59. The molecule has 0 unspecified atom stereocenters. The number of amides is 1. The molecule has 1 atom stereocenters. The number of nitrogen functional groups attached to an aromatic ring is 1. The normalized spacial score (nSPS) is 23.9. The van der Waals surface area contributed by atoms with E-state index in [4.69, 9.17) is 5.73 Å². The van der Waals surface area contributed by atoms with Gasteiger partial charge in [0, 0.05) is 16.9 Å². The average Bonchev–Trinajstić information content (AvgIpc) is 3.28. The van der Waals surface area contributed by atoms with Gasteiger partial charge in [-0.3, -0.25) is 9.20 Å². The van der Waals surface area contributed by atoms with Gasteiger partial charge in [0.2, 0.25) is 11.7 Å². The first-order valence-corrected chi connectivity index (χ1v) is 11.4. The number of aromatic nitrogens is 3. The van der Waals surface area contributed by atoms with E-state index in [1.165, 1.54) is 6.07 Å². The number of carbonyl (C=O) groups is 1. The Morgan fingerprint density at radius 2 is 1.97 bits per heavy atom. The van der Waals surface area contributed by atoms with E-state index in [1.54, 1.807) is 13.1 Å². The molecule has 0 saturated heterocycles. The maximum atomic E-state index is 13.3. The van der Waals surface area contributed by atoms with Gasteiger partial charge in [-0.1, -0.05) is 0 Å². The number of carbonyl (C=O) groups excluding carboxylic acids is 1. The Hall–Kier alpha value is -3.30. The topological polar surface area (TPSA) is 88.5 Å². The molecule has 7 nitrogen and oxygen atoms in total. The first-order chi connectivity index (χ1) is 16.0. The molecule has 3 saturated carbocycles. The van der Waals surface area contributed by atoms with Crippen LogP contribution in [0.15, 0.2) is 24.4 Å². The molecule has 3 aromatic rings. The molecule has 34 heavy (non-hydrogen) atoms. The Morgan fingerprint density at radius 3 is 2.62 bits per heavy atom. The van der Waals surface area contributed by atoms with Crippen LogP contribution < -0.4 is 11.1 Å². The highest BCUT2D eigenvalue weighted by Crippen LogP contribution is 2.65. The van der Waals surface area contributed by atoms with Crippen molar-refractivity contribution >= 4 is 23.2 Å². The van der Waals surface area contributed by atoms with Gasteiger partial charge in [-0.2, -0.15) is 18.2 Å². The number of imidazole rings is 1. The second kappa shape index (κ2) is 6.86. The van der Waals surface area contributed by atoms with Crippen LogP contribution in [0.3, 0.4) is 0 Å². The molecule has 2 aromatic heterocycles. The van der Waals surface area contributed by atoms with Gasteiger partial charge >= 0.3 is 6.18 Å². The van der Waals surface area contributed by atoms with Crippen LogP contribution in [0.2, 0.25) is 0 Å². The fraction of sp³-hybridized carbons (Fsp3) is 0.458. The highest BCUT2D eigenvalue weighted by atomic mass is 19.4. The molecule has 10 heteroatoms. The minimum Gasteiger partial charge on any atom is -0.399 e. The molecule has 3 N–H and O–H groups in total. The molecule has 2 bridgehead atoms. The standard InChI is InChI=1S/C24H25F3N6O/c1-12-9-29-22-31-20(30-13(2)15-3-16(24(25,26)27)5-17(28)4-15)18-10-32(11-19(18)33(12)22)21(34)23-6-14(7-23)8-23/h3-5,9,13-14H,6-8,10-11,28H2,1-2H3,(H,29,30,31)/t13-,14?,23?/m1/s1. The number of alkyl halides is 3. The van der Waals surface area contributed by atoms with Crippen LogP contribution in [0.4, 0.5) is 24.7 Å². The highest BCUT2D eigenvalue weighted by molar-refractivity contribution is 5.86. The summed E-state index contributed by atoms with van der Waals surface area (Å²) in [6.07, 6.45) is 0.188. The van der Waals surface area contributed by atoms with Crippen molar-refractivity contribution in [3.05, 3.63) is 52.5 Å². The van der Waals surface area contributed by atoms with Crippen molar-refractivity contribution in [2.75, 3.05) is 11.1 Å². The van der Waals surface area contributed by atoms with Crippen molar-refractivity contribution in [2.45, 2.75) is 58.4 Å². The number of benzene rings is 1. The number of fused-ring (bicyclic) bond motifs is 3. The van der Waals surface area contributed by atoms with E-state index in [0.717, 1.165) is 48.3 Å². The minimum atomic E-state index is -4.49. The maximum Gasteiger partial charge on any atom is 0.416 e. The zero-order valence-corrected chi connectivity index (χ0v) is 18.9. The van der Waals surface area contributed by atoms with Gasteiger partial charge < -0.3 is 16.0 Å². The van der Waals surface area contributed by atoms with Crippen LogP contribution in [0.1, 0.15) is 60.3 Å². The summed E-state index contributed by atoms with van der Waals surface area (Å²) < 4.78 is 41.9. The van der Waals surface area contributed by atoms with Crippen molar-refractivity contribution in [1.82, 2.24) is 19.3 Å². The number of nitrogens with zero attached hydrogens (tertiary/aromatic N) is 4. The van der Waals surface area contributed by atoms with Gasteiger partial charge in [-0.05, 0) is 62.8 Å². The Kier molecular flexibility index (Phi) is 4.29. The van der Waals surface area contributed by atoms with Crippen LogP contribution in [-0.2, 0) is 24.1 Å². The smallest absolute Gasteiger partial charge is 0.399 e. The summed E-state index contributed by atoms with van der Waals surface area (Å²) in [6, 6.07) is 3.07. The first kappa shape index (κ1) is 21.2. The molecular formula is C24H25F3N6O. The molecular weight excluding hydrogens is 445 g/mol. The molecule has 0 radical (unpaired) electrons. The van der Waals surface area contributed by atoms with Crippen LogP contribution in [0.25, 0.3) is 5.78 Å². The third kappa shape index (κ3) is 3.07. The van der Waals surface area contributed by atoms with Crippen LogP contribution in [-0.4, -0.2) is 25.2 Å². The fourth-order valence-electron chi connectivity index (χ4n) is 5.75. The van der Waals surface area contributed by atoms with Crippen molar-refractivity contribution < 1.29 is 18.0 Å². The van der Waals surface area contributed by atoms with Gasteiger partial charge in [0.05, 0.1) is 42.0 Å². The fourth-order valence-corrected chi connectivity index (χ4v) is 5.75.